The summed E-state index contributed by atoms with van der Waals surface area (Å²) in [7, 11) is 0. The third kappa shape index (κ3) is 4.57. The molecule has 1 aromatic heterocycles. The largest absolute Gasteiger partial charge is 0.393 e. The number of nitrogens with zero attached hydrogens (tertiary/aromatic N) is 1. The number of nitro groups is 1. The number of carbonyl (C=O) groups is 1. The third-order valence-electron chi connectivity index (χ3n) is 2.89. The zero-order valence-electron chi connectivity index (χ0n) is 12.1. The second-order valence-corrected chi connectivity index (χ2v) is 6.97. The average molecular weight is 300 g/mol. The van der Waals surface area contributed by atoms with Crippen molar-refractivity contribution in [2.45, 2.75) is 40.2 Å². The highest BCUT2D eigenvalue weighted by molar-refractivity contribution is 7.14. The first-order valence-electron chi connectivity index (χ1n) is 6.33. The van der Waals surface area contributed by atoms with Crippen molar-refractivity contribution >= 4 is 22.9 Å². The summed E-state index contributed by atoms with van der Waals surface area (Å²) in [5, 5.41) is 22.9. The molecule has 1 aromatic rings. The molecule has 2 N–H and O–H groups in total. The van der Waals surface area contributed by atoms with Gasteiger partial charge in [-0.2, -0.15) is 0 Å². The Morgan fingerprint density at radius 3 is 2.65 bits per heavy atom. The zero-order valence-corrected chi connectivity index (χ0v) is 12.9. The standard InChI is InChI=1S/C13H20N2O4S/c1-8(16)6-13(3,4)7-14-12(17)11-5-10(15(18)19)9(2)20-11/h5,8,16H,6-7H2,1-4H3,(H,14,17). The lowest BCUT2D eigenvalue weighted by Gasteiger charge is -2.26. The van der Waals surface area contributed by atoms with E-state index in [1.807, 2.05) is 13.8 Å². The Balaban J connectivity index is 2.68. The first-order valence-corrected chi connectivity index (χ1v) is 7.15. The van der Waals surface area contributed by atoms with Crippen molar-refractivity contribution in [1.82, 2.24) is 5.32 Å². The number of amides is 1. The van der Waals surface area contributed by atoms with Crippen LogP contribution in [0.3, 0.4) is 0 Å². The lowest BCUT2D eigenvalue weighted by molar-refractivity contribution is -0.385. The Kier molecular flexibility index (Phi) is 5.24. The van der Waals surface area contributed by atoms with Gasteiger partial charge in [-0.25, -0.2) is 0 Å². The van der Waals surface area contributed by atoms with E-state index in [2.05, 4.69) is 5.32 Å². The van der Waals surface area contributed by atoms with Crippen LogP contribution in [0.4, 0.5) is 5.69 Å². The van der Waals surface area contributed by atoms with Crippen LogP contribution in [0.2, 0.25) is 0 Å². The molecule has 0 saturated heterocycles. The molecule has 1 unspecified atom stereocenters. The Hall–Kier alpha value is -1.47. The molecule has 20 heavy (non-hydrogen) atoms. The number of aliphatic hydroxyl groups is 1. The topological polar surface area (TPSA) is 92.5 Å². The lowest BCUT2D eigenvalue weighted by atomic mass is 9.87. The predicted molar refractivity (Wildman–Crippen MR) is 78.1 cm³/mol. The number of aryl methyl sites for hydroxylation is 1. The van der Waals surface area contributed by atoms with Gasteiger partial charge in [0, 0.05) is 12.6 Å². The van der Waals surface area contributed by atoms with E-state index in [1.54, 1.807) is 13.8 Å². The van der Waals surface area contributed by atoms with E-state index in [0.717, 1.165) is 11.3 Å². The number of hydrogen-bond donors (Lipinski definition) is 2. The molecule has 0 fully saturated rings. The summed E-state index contributed by atoms with van der Waals surface area (Å²) in [6, 6.07) is 1.30. The summed E-state index contributed by atoms with van der Waals surface area (Å²) < 4.78 is 0. The van der Waals surface area contributed by atoms with Crippen LogP contribution in [-0.2, 0) is 0 Å². The molecular weight excluding hydrogens is 280 g/mol. The summed E-state index contributed by atoms with van der Waals surface area (Å²) in [6.45, 7) is 7.62. The molecule has 1 atom stereocenters. The van der Waals surface area contributed by atoms with E-state index >= 15 is 0 Å². The maximum atomic E-state index is 12.0. The van der Waals surface area contributed by atoms with Crippen molar-refractivity contribution in [3.05, 3.63) is 25.9 Å². The Morgan fingerprint density at radius 1 is 1.60 bits per heavy atom. The maximum Gasteiger partial charge on any atom is 0.283 e. The normalized spacial score (nSPS) is 13.1. The van der Waals surface area contributed by atoms with Gasteiger partial charge in [-0.15, -0.1) is 11.3 Å². The third-order valence-corrected chi connectivity index (χ3v) is 3.93. The molecule has 0 aliphatic heterocycles. The maximum absolute atomic E-state index is 12.0. The lowest BCUT2D eigenvalue weighted by Crippen LogP contribution is -2.35. The van der Waals surface area contributed by atoms with E-state index < -0.39 is 11.0 Å². The fourth-order valence-corrected chi connectivity index (χ4v) is 2.95. The minimum Gasteiger partial charge on any atom is -0.393 e. The van der Waals surface area contributed by atoms with Crippen LogP contribution in [0.25, 0.3) is 0 Å². The molecule has 112 valence electrons. The Morgan fingerprint density at radius 2 is 2.20 bits per heavy atom. The number of rotatable bonds is 6. The van der Waals surface area contributed by atoms with E-state index in [9.17, 15) is 20.0 Å². The smallest absolute Gasteiger partial charge is 0.283 e. The van der Waals surface area contributed by atoms with Gasteiger partial charge in [0.2, 0.25) is 0 Å². The molecule has 1 heterocycles. The molecule has 0 radical (unpaired) electrons. The van der Waals surface area contributed by atoms with E-state index in [1.165, 1.54) is 6.07 Å². The molecule has 0 aliphatic rings. The fourth-order valence-electron chi connectivity index (χ4n) is 2.04. The van der Waals surface area contributed by atoms with Crippen LogP contribution in [0, 0.1) is 22.5 Å². The van der Waals surface area contributed by atoms with Crippen LogP contribution >= 0.6 is 11.3 Å². The summed E-state index contributed by atoms with van der Waals surface area (Å²) in [5.74, 6) is -0.315. The van der Waals surface area contributed by atoms with Crippen molar-refractivity contribution in [2.24, 2.45) is 5.41 Å². The van der Waals surface area contributed by atoms with Crippen molar-refractivity contribution in [1.29, 1.82) is 0 Å². The van der Waals surface area contributed by atoms with E-state index in [-0.39, 0.29) is 17.0 Å². The summed E-state index contributed by atoms with van der Waals surface area (Å²) in [6.07, 6.45) is 0.128. The van der Waals surface area contributed by atoms with Crippen LogP contribution in [0.1, 0.15) is 41.7 Å². The molecule has 0 spiro atoms. The molecular formula is C13H20N2O4S. The summed E-state index contributed by atoms with van der Waals surface area (Å²) >= 11 is 1.11. The zero-order chi connectivity index (χ0) is 15.5. The van der Waals surface area contributed by atoms with Gasteiger partial charge < -0.3 is 10.4 Å². The summed E-state index contributed by atoms with van der Waals surface area (Å²) in [4.78, 5) is 23.1. The van der Waals surface area contributed by atoms with Crippen LogP contribution in [0.15, 0.2) is 6.07 Å². The molecule has 0 saturated carbocycles. The number of carbonyl (C=O) groups excluding carboxylic acids is 1. The van der Waals surface area contributed by atoms with Crippen molar-refractivity contribution < 1.29 is 14.8 Å². The predicted octanol–water partition coefficient (Wildman–Crippen LogP) is 2.49. The van der Waals surface area contributed by atoms with Crippen LogP contribution in [-0.4, -0.2) is 28.6 Å². The highest BCUT2D eigenvalue weighted by Gasteiger charge is 2.23. The molecule has 1 amide bonds. The van der Waals surface area contributed by atoms with Gasteiger partial charge in [-0.05, 0) is 25.7 Å². The fraction of sp³-hybridized carbons (Fsp3) is 0.615. The monoisotopic (exact) mass is 300 g/mol. The van der Waals surface area contributed by atoms with Gasteiger partial charge in [0.15, 0.2) is 0 Å². The minimum atomic E-state index is -0.486. The van der Waals surface area contributed by atoms with Crippen LogP contribution < -0.4 is 5.32 Å². The second kappa shape index (κ2) is 6.32. The van der Waals surface area contributed by atoms with Crippen molar-refractivity contribution in [3.63, 3.8) is 0 Å². The second-order valence-electron chi connectivity index (χ2n) is 5.71. The summed E-state index contributed by atoms with van der Waals surface area (Å²) in [5.41, 5.74) is -0.259. The minimum absolute atomic E-state index is 0.0246. The first kappa shape index (κ1) is 16.6. The average Bonchev–Trinajstić information content (AvgIpc) is 2.66. The number of nitrogens with one attached hydrogen (secondary N) is 1. The van der Waals surface area contributed by atoms with Gasteiger partial charge in [-0.3, -0.25) is 14.9 Å². The first-order chi connectivity index (χ1) is 9.12. The SMILES string of the molecule is Cc1sc(C(=O)NCC(C)(C)CC(C)O)cc1[N+](=O)[O-]. The van der Waals surface area contributed by atoms with Crippen molar-refractivity contribution in [3.8, 4) is 0 Å². The molecule has 0 aliphatic carbocycles. The molecule has 7 heteroatoms. The molecule has 0 aromatic carbocycles. The molecule has 0 bridgehead atoms. The highest BCUT2D eigenvalue weighted by atomic mass is 32.1. The van der Waals surface area contributed by atoms with E-state index in [4.69, 9.17) is 0 Å². The van der Waals surface area contributed by atoms with Crippen molar-refractivity contribution in [2.75, 3.05) is 6.54 Å². The number of thiophene rings is 1. The Bertz CT molecular complexity index is 508. The highest BCUT2D eigenvalue weighted by Crippen LogP contribution is 2.28. The van der Waals surface area contributed by atoms with Crippen LogP contribution in [0.5, 0.6) is 0 Å². The molecule has 6 nitrogen and oxygen atoms in total. The molecule has 1 rings (SSSR count). The van der Waals surface area contributed by atoms with Gasteiger partial charge in [0.25, 0.3) is 11.6 Å². The quantitative estimate of drug-likeness (QED) is 0.623. The Labute approximate surface area is 122 Å². The van der Waals surface area contributed by atoms with Gasteiger partial charge in [0.05, 0.1) is 20.8 Å². The van der Waals surface area contributed by atoms with Gasteiger partial charge in [-0.1, -0.05) is 13.8 Å². The van der Waals surface area contributed by atoms with Gasteiger partial charge in [0.1, 0.15) is 0 Å². The van der Waals surface area contributed by atoms with E-state index in [0.29, 0.717) is 22.7 Å². The van der Waals surface area contributed by atoms with Gasteiger partial charge >= 0.3 is 0 Å². The number of hydrogen-bond acceptors (Lipinski definition) is 5. The number of aliphatic hydroxyl groups excluding tert-OH is 1.